The van der Waals surface area contributed by atoms with Crippen LogP contribution in [0.1, 0.15) is 55.3 Å². The molecular weight excluding hydrogens is 386 g/mol. The van der Waals surface area contributed by atoms with Gasteiger partial charge in [-0.1, -0.05) is 18.6 Å². The molecule has 1 saturated carbocycles. The van der Waals surface area contributed by atoms with Crippen LogP contribution in [0.15, 0.2) is 36.4 Å². The molecule has 2 saturated heterocycles. The molecule has 1 aliphatic carbocycles. The van der Waals surface area contributed by atoms with Gasteiger partial charge in [0, 0.05) is 37.3 Å². The average molecular weight is 420 g/mol. The summed E-state index contributed by atoms with van der Waals surface area (Å²) >= 11 is 0. The van der Waals surface area contributed by atoms with Gasteiger partial charge in [0.1, 0.15) is 0 Å². The maximum Gasteiger partial charge on any atom is 0.251 e. The van der Waals surface area contributed by atoms with Crippen molar-refractivity contribution in [3.63, 3.8) is 0 Å². The van der Waals surface area contributed by atoms with Crippen molar-refractivity contribution in [1.29, 1.82) is 0 Å². The Bertz CT molecular complexity index is 889. The van der Waals surface area contributed by atoms with E-state index in [0.29, 0.717) is 11.0 Å². The van der Waals surface area contributed by atoms with Gasteiger partial charge in [-0.05, 0) is 81.3 Å². The number of carbonyl (C=O) groups excluding carboxylic acids is 1. The summed E-state index contributed by atoms with van der Waals surface area (Å²) < 4.78 is 0. The Morgan fingerprint density at radius 1 is 0.935 bits per heavy atom. The summed E-state index contributed by atoms with van der Waals surface area (Å²) in [7, 11) is 1.64. The Hall–Kier alpha value is -2.47. The molecule has 1 amide bonds. The van der Waals surface area contributed by atoms with Crippen LogP contribution in [0, 0.1) is 5.41 Å². The van der Waals surface area contributed by atoms with Crippen LogP contribution >= 0.6 is 0 Å². The Morgan fingerprint density at radius 3 is 2.16 bits per heavy atom. The third-order valence-electron chi connectivity index (χ3n) is 7.92. The van der Waals surface area contributed by atoms with Gasteiger partial charge in [-0.3, -0.25) is 4.79 Å². The molecular formula is C25H33N5O. The normalized spacial score (nSPS) is 21.6. The van der Waals surface area contributed by atoms with Gasteiger partial charge in [-0.25, -0.2) is 0 Å². The fourth-order valence-electron chi connectivity index (χ4n) is 5.41. The molecule has 1 aromatic heterocycles. The first kappa shape index (κ1) is 20.4. The molecule has 1 N–H and O–H groups in total. The molecule has 0 atom stereocenters. The van der Waals surface area contributed by atoms with Crippen LogP contribution in [0.5, 0.6) is 0 Å². The number of aromatic nitrogens is 2. The number of rotatable bonds is 4. The number of piperidine rings is 2. The third kappa shape index (κ3) is 4.18. The molecule has 5 rings (SSSR count). The highest BCUT2D eigenvalue weighted by molar-refractivity contribution is 5.94. The van der Waals surface area contributed by atoms with Gasteiger partial charge in [0.15, 0.2) is 5.82 Å². The van der Waals surface area contributed by atoms with Crippen LogP contribution in [-0.2, 0) is 0 Å². The van der Waals surface area contributed by atoms with E-state index in [-0.39, 0.29) is 5.91 Å². The Balaban J connectivity index is 1.17. The van der Waals surface area contributed by atoms with E-state index in [9.17, 15) is 4.79 Å². The van der Waals surface area contributed by atoms with Crippen molar-refractivity contribution in [2.45, 2.75) is 51.0 Å². The molecule has 2 aliphatic heterocycles. The molecule has 0 bridgehead atoms. The van der Waals surface area contributed by atoms with Crippen molar-refractivity contribution < 1.29 is 4.79 Å². The van der Waals surface area contributed by atoms with E-state index in [1.165, 1.54) is 58.0 Å². The molecule has 0 radical (unpaired) electrons. The Morgan fingerprint density at radius 2 is 1.61 bits per heavy atom. The number of likely N-dealkylation sites (tertiary alicyclic amines) is 1. The van der Waals surface area contributed by atoms with Crippen LogP contribution in [-0.4, -0.2) is 60.3 Å². The summed E-state index contributed by atoms with van der Waals surface area (Å²) in [6, 6.07) is 12.5. The maximum atomic E-state index is 11.7. The SMILES string of the molecule is CNC(=O)c1ccc(-c2ccc(N3CCC4(CC3)CCN(C3CCC3)CC4)nn2)cc1. The van der Waals surface area contributed by atoms with E-state index in [2.05, 4.69) is 31.4 Å². The second-order valence-corrected chi connectivity index (χ2v) is 9.54. The van der Waals surface area contributed by atoms with Crippen molar-refractivity contribution in [3.8, 4) is 11.3 Å². The van der Waals surface area contributed by atoms with Crippen LogP contribution in [0.3, 0.4) is 0 Å². The Kier molecular flexibility index (Phi) is 5.65. The maximum absolute atomic E-state index is 11.7. The van der Waals surface area contributed by atoms with Gasteiger partial charge >= 0.3 is 0 Å². The van der Waals surface area contributed by atoms with Gasteiger partial charge in [-0.2, -0.15) is 0 Å². The van der Waals surface area contributed by atoms with Crippen molar-refractivity contribution in [2.75, 3.05) is 38.1 Å². The molecule has 1 aromatic carbocycles. The van der Waals surface area contributed by atoms with E-state index in [0.717, 1.165) is 36.2 Å². The fourth-order valence-corrected chi connectivity index (χ4v) is 5.41. The van der Waals surface area contributed by atoms with Crippen LogP contribution in [0.4, 0.5) is 5.82 Å². The zero-order chi connectivity index (χ0) is 21.3. The summed E-state index contributed by atoms with van der Waals surface area (Å²) in [5.41, 5.74) is 3.01. The molecule has 3 fully saturated rings. The largest absolute Gasteiger partial charge is 0.355 e. The third-order valence-corrected chi connectivity index (χ3v) is 7.92. The Labute approximate surface area is 185 Å². The first-order valence-corrected chi connectivity index (χ1v) is 11.8. The number of hydrogen-bond acceptors (Lipinski definition) is 5. The standard InChI is InChI=1S/C25H33N5O/c1-26-24(31)20-7-5-19(6-8-20)22-9-10-23(28-27-22)30-17-13-25(14-18-30)11-15-29(16-12-25)21-3-2-4-21/h5-10,21H,2-4,11-18H2,1H3,(H,26,31). The summed E-state index contributed by atoms with van der Waals surface area (Å²) in [4.78, 5) is 16.9. The minimum absolute atomic E-state index is 0.0791. The summed E-state index contributed by atoms with van der Waals surface area (Å²) in [6.07, 6.45) is 9.57. The molecule has 6 nitrogen and oxygen atoms in total. The zero-order valence-electron chi connectivity index (χ0n) is 18.5. The highest BCUT2D eigenvalue weighted by Gasteiger charge is 2.39. The molecule has 2 aromatic rings. The second-order valence-electron chi connectivity index (χ2n) is 9.54. The summed E-state index contributed by atoms with van der Waals surface area (Å²) in [5, 5.41) is 11.6. The van der Waals surface area contributed by atoms with Crippen LogP contribution < -0.4 is 10.2 Å². The molecule has 3 heterocycles. The van der Waals surface area contributed by atoms with Gasteiger partial charge in [0.2, 0.25) is 0 Å². The smallest absolute Gasteiger partial charge is 0.251 e. The fraction of sp³-hybridized carbons (Fsp3) is 0.560. The van der Waals surface area contributed by atoms with Gasteiger partial charge in [0.25, 0.3) is 5.91 Å². The van der Waals surface area contributed by atoms with Crippen molar-refractivity contribution in [1.82, 2.24) is 20.4 Å². The quantitative estimate of drug-likeness (QED) is 0.818. The summed E-state index contributed by atoms with van der Waals surface area (Å²) in [5.74, 6) is 0.900. The topological polar surface area (TPSA) is 61.4 Å². The van der Waals surface area contributed by atoms with E-state index in [4.69, 9.17) is 0 Å². The van der Waals surface area contributed by atoms with Gasteiger partial charge in [0.05, 0.1) is 5.69 Å². The number of carbonyl (C=O) groups is 1. The molecule has 3 aliphatic rings. The number of hydrogen-bond donors (Lipinski definition) is 1. The van der Waals surface area contributed by atoms with E-state index < -0.39 is 0 Å². The van der Waals surface area contributed by atoms with E-state index in [1.54, 1.807) is 7.05 Å². The lowest BCUT2D eigenvalue weighted by atomic mass is 9.70. The predicted octanol–water partition coefficient (Wildman–Crippen LogP) is 3.74. The highest BCUT2D eigenvalue weighted by Crippen LogP contribution is 2.43. The number of nitrogens with one attached hydrogen (secondary N) is 1. The first-order chi connectivity index (χ1) is 15.2. The molecule has 1 spiro atoms. The van der Waals surface area contributed by atoms with E-state index in [1.807, 2.05) is 30.3 Å². The van der Waals surface area contributed by atoms with Crippen molar-refractivity contribution in [3.05, 3.63) is 42.0 Å². The number of anilines is 1. The lowest BCUT2D eigenvalue weighted by Crippen LogP contribution is -2.51. The van der Waals surface area contributed by atoms with Crippen LogP contribution in [0.25, 0.3) is 11.3 Å². The lowest BCUT2D eigenvalue weighted by Gasteiger charge is -2.50. The zero-order valence-corrected chi connectivity index (χ0v) is 18.5. The highest BCUT2D eigenvalue weighted by atomic mass is 16.1. The summed E-state index contributed by atoms with van der Waals surface area (Å²) in [6.45, 7) is 4.77. The van der Waals surface area contributed by atoms with Gasteiger partial charge < -0.3 is 15.1 Å². The molecule has 0 unspecified atom stereocenters. The predicted molar refractivity (Wildman–Crippen MR) is 123 cm³/mol. The second kappa shape index (κ2) is 8.58. The van der Waals surface area contributed by atoms with Crippen LogP contribution in [0.2, 0.25) is 0 Å². The first-order valence-electron chi connectivity index (χ1n) is 11.8. The molecule has 31 heavy (non-hydrogen) atoms. The van der Waals surface area contributed by atoms with Crippen molar-refractivity contribution in [2.24, 2.45) is 5.41 Å². The molecule has 6 heteroatoms. The minimum atomic E-state index is -0.0791. The number of amides is 1. The molecule has 164 valence electrons. The average Bonchev–Trinajstić information content (AvgIpc) is 2.80. The van der Waals surface area contributed by atoms with E-state index >= 15 is 0 Å². The van der Waals surface area contributed by atoms with Gasteiger partial charge in [-0.15, -0.1) is 10.2 Å². The number of nitrogens with zero attached hydrogens (tertiary/aromatic N) is 4. The number of benzene rings is 1. The van der Waals surface area contributed by atoms with Crippen molar-refractivity contribution >= 4 is 11.7 Å². The monoisotopic (exact) mass is 419 g/mol. The lowest BCUT2D eigenvalue weighted by molar-refractivity contribution is 0.0305. The minimum Gasteiger partial charge on any atom is -0.355 e.